The number of benzene rings is 3. The summed E-state index contributed by atoms with van der Waals surface area (Å²) in [6.07, 6.45) is 15.8. The molecule has 0 bridgehead atoms. The van der Waals surface area contributed by atoms with Crippen LogP contribution in [0.3, 0.4) is 0 Å². The molecule has 0 saturated heterocycles. The maximum Gasteiger partial charge on any atom is 0.524 e. The summed E-state index contributed by atoms with van der Waals surface area (Å²) in [5.41, 5.74) is -2.38. The van der Waals surface area contributed by atoms with Crippen molar-refractivity contribution in [1.82, 2.24) is 0 Å². The lowest BCUT2D eigenvalue weighted by molar-refractivity contribution is -0.0496. The van der Waals surface area contributed by atoms with E-state index < -0.39 is 25.9 Å². The van der Waals surface area contributed by atoms with Crippen LogP contribution in [0.15, 0.2) is 87.5 Å². The summed E-state index contributed by atoms with van der Waals surface area (Å²) < 4.78 is 73.3. The third-order valence-corrected chi connectivity index (χ3v) is 13.1. The SMILES string of the molecule is CCCCCCc1ccc(S(OS(=O)(=O)C(F)(F)F)(c2ccc(CCCCCC)cc2)c2ccc(CCCCCC)cc2)cc1. The Hall–Kier alpha value is -2.29. The number of aryl methyl sites for hydroxylation is 3. The fourth-order valence-corrected chi connectivity index (χ4v) is 10.2. The maximum absolute atomic E-state index is 14.0. The second-order valence-electron chi connectivity index (χ2n) is 11.9. The number of halogens is 3. The number of rotatable bonds is 20. The Morgan fingerprint density at radius 1 is 0.489 bits per heavy atom. The van der Waals surface area contributed by atoms with Crippen molar-refractivity contribution >= 4 is 20.4 Å². The van der Waals surface area contributed by atoms with Crippen LogP contribution in [0.5, 0.6) is 0 Å². The number of alkyl halides is 3. The van der Waals surface area contributed by atoms with Crippen molar-refractivity contribution in [3.63, 3.8) is 0 Å². The van der Waals surface area contributed by atoms with Crippen LogP contribution < -0.4 is 0 Å². The molecule has 0 radical (unpaired) electrons. The standard InChI is InChI=1S/C37H51F3O3S2/c1-4-7-10-13-16-31-19-25-34(26-20-31)44(43-45(41,42)37(38,39)40,35-27-21-32(22-28-35)17-14-11-8-5-2)36-29-23-33(24-30-36)18-15-12-9-6-3/h19-30H,4-18H2,1-3H3. The van der Waals surface area contributed by atoms with E-state index in [2.05, 4.69) is 20.8 Å². The molecule has 3 rings (SSSR count). The first-order valence-corrected chi connectivity index (χ1v) is 19.7. The molecule has 0 aliphatic rings. The topological polar surface area (TPSA) is 43.4 Å². The van der Waals surface area contributed by atoms with Gasteiger partial charge in [-0.1, -0.05) is 115 Å². The van der Waals surface area contributed by atoms with Gasteiger partial charge in [0.1, 0.15) is 0 Å². The minimum Gasteiger partial charge on any atom is -0.200 e. The minimum absolute atomic E-state index is 0.416. The lowest BCUT2D eigenvalue weighted by atomic mass is 10.1. The highest BCUT2D eigenvalue weighted by molar-refractivity contribution is 8.33. The Labute approximate surface area is 271 Å². The van der Waals surface area contributed by atoms with Gasteiger partial charge in [0, 0.05) is 14.7 Å². The van der Waals surface area contributed by atoms with E-state index in [1.807, 2.05) is 36.4 Å². The van der Waals surface area contributed by atoms with Crippen molar-refractivity contribution in [3.05, 3.63) is 89.5 Å². The van der Waals surface area contributed by atoms with Gasteiger partial charge in [-0.2, -0.15) is 25.2 Å². The smallest absolute Gasteiger partial charge is 0.200 e. The minimum atomic E-state index is -5.95. The molecule has 0 aromatic heterocycles. The summed E-state index contributed by atoms with van der Waals surface area (Å²) in [6.45, 7) is 6.47. The number of hydrogen-bond acceptors (Lipinski definition) is 3. The molecule has 0 aliphatic carbocycles. The lowest BCUT2D eigenvalue weighted by Crippen LogP contribution is -2.27. The number of unbranched alkanes of at least 4 members (excludes halogenated alkanes) is 9. The normalized spacial score (nSPS) is 12.8. The van der Waals surface area contributed by atoms with E-state index in [0.717, 1.165) is 113 Å². The van der Waals surface area contributed by atoms with Crippen LogP contribution in [0, 0.1) is 0 Å². The zero-order valence-corrected chi connectivity index (χ0v) is 28.8. The van der Waals surface area contributed by atoms with Gasteiger partial charge in [0.25, 0.3) is 0 Å². The van der Waals surface area contributed by atoms with Crippen LogP contribution in [0.25, 0.3) is 0 Å². The molecule has 250 valence electrons. The molecular weight excluding hydrogens is 614 g/mol. The van der Waals surface area contributed by atoms with Crippen molar-refractivity contribution in [3.8, 4) is 0 Å². The molecule has 0 amide bonds. The average Bonchev–Trinajstić information content (AvgIpc) is 3.03. The molecule has 0 heterocycles. The Kier molecular flexibility index (Phi) is 15.0. The molecule has 0 fully saturated rings. The predicted octanol–water partition coefficient (Wildman–Crippen LogP) is 12.1. The first-order valence-electron chi connectivity index (χ1n) is 16.7. The Balaban J connectivity index is 2.13. The van der Waals surface area contributed by atoms with E-state index in [9.17, 15) is 21.6 Å². The van der Waals surface area contributed by atoms with Crippen LogP contribution in [0.1, 0.15) is 115 Å². The molecule has 0 aliphatic heterocycles. The summed E-state index contributed by atoms with van der Waals surface area (Å²) in [5, 5.41) is 0. The van der Waals surface area contributed by atoms with Crippen molar-refractivity contribution < 1.29 is 25.2 Å². The molecule has 0 saturated carbocycles. The highest BCUT2D eigenvalue weighted by Gasteiger charge is 2.52. The first kappa shape index (κ1) is 37.2. The van der Waals surface area contributed by atoms with Gasteiger partial charge in [0.05, 0.1) is 0 Å². The Bertz CT molecular complexity index is 1230. The van der Waals surface area contributed by atoms with Gasteiger partial charge in [0.15, 0.2) is 0 Å². The Morgan fingerprint density at radius 3 is 1.02 bits per heavy atom. The van der Waals surface area contributed by atoms with Crippen LogP contribution in [-0.4, -0.2) is 13.9 Å². The van der Waals surface area contributed by atoms with Crippen molar-refractivity contribution in [2.45, 2.75) is 137 Å². The van der Waals surface area contributed by atoms with E-state index in [-0.39, 0.29) is 0 Å². The van der Waals surface area contributed by atoms with Crippen molar-refractivity contribution in [2.24, 2.45) is 0 Å². The monoisotopic (exact) mass is 664 g/mol. The quantitative estimate of drug-likeness (QED) is 0.0892. The third kappa shape index (κ3) is 10.6. The highest BCUT2D eigenvalue weighted by atomic mass is 32.3. The van der Waals surface area contributed by atoms with E-state index in [1.165, 1.54) is 0 Å². The van der Waals surface area contributed by atoms with Crippen LogP contribution in [-0.2, 0) is 33.0 Å². The molecule has 0 spiro atoms. The third-order valence-electron chi connectivity index (χ3n) is 8.20. The molecular formula is C37H51F3O3S2. The van der Waals surface area contributed by atoms with E-state index >= 15 is 0 Å². The van der Waals surface area contributed by atoms with Crippen LogP contribution >= 0.6 is 10.3 Å². The van der Waals surface area contributed by atoms with Gasteiger partial charge >= 0.3 is 15.6 Å². The van der Waals surface area contributed by atoms with Gasteiger partial charge in [0.2, 0.25) is 0 Å². The highest BCUT2D eigenvalue weighted by Crippen LogP contribution is 2.70. The second-order valence-corrected chi connectivity index (χ2v) is 16.3. The van der Waals surface area contributed by atoms with Gasteiger partial charge in [-0.25, -0.2) is 0 Å². The largest absolute Gasteiger partial charge is 0.524 e. The summed E-state index contributed by atoms with van der Waals surface area (Å²) >= 11 is 0. The van der Waals surface area contributed by atoms with Gasteiger partial charge in [-0.15, -0.1) is 0 Å². The van der Waals surface area contributed by atoms with Gasteiger partial charge in [-0.05, 0) is 102 Å². The fraction of sp³-hybridized carbons (Fsp3) is 0.514. The Morgan fingerprint density at radius 2 is 0.778 bits per heavy atom. The molecule has 3 nitrogen and oxygen atoms in total. The predicted molar refractivity (Wildman–Crippen MR) is 181 cm³/mol. The van der Waals surface area contributed by atoms with Crippen molar-refractivity contribution in [2.75, 3.05) is 0 Å². The molecule has 0 unspecified atom stereocenters. The molecule has 45 heavy (non-hydrogen) atoms. The summed E-state index contributed by atoms with van der Waals surface area (Å²) in [5.74, 6) is 0. The fourth-order valence-electron chi connectivity index (χ4n) is 5.51. The van der Waals surface area contributed by atoms with E-state index in [1.54, 1.807) is 36.4 Å². The van der Waals surface area contributed by atoms with Crippen LogP contribution in [0.2, 0.25) is 0 Å². The lowest BCUT2D eigenvalue weighted by Gasteiger charge is -2.39. The first-order chi connectivity index (χ1) is 21.6. The summed E-state index contributed by atoms with van der Waals surface area (Å²) in [6, 6.07) is 21.9. The van der Waals surface area contributed by atoms with Gasteiger partial charge in [-0.3, -0.25) is 0 Å². The second kappa shape index (κ2) is 18.2. The van der Waals surface area contributed by atoms with E-state index in [0.29, 0.717) is 14.7 Å². The maximum atomic E-state index is 14.0. The summed E-state index contributed by atoms with van der Waals surface area (Å²) in [7, 11) is -9.27. The molecule has 3 aromatic carbocycles. The molecule has 3 aromatic rings. The molecule has 0 atom stereocenters. The van der Waals surface area contributed by atoms with E-state index in [4.69, 9.17) is 3.63 Å². The van der Waals surface area contributed by atoms with Crippen molar-refractivity contribution in [1.29, 1.82) is 0 Å². The zero-order valence-electron chi connectivity index (χ0n) is 27.2. The van der Waals surface area contributed by atoms with Crippen LogP contribution in [0.4, 0.5) is 13.2 Å². The number of hydrogen-bond donors (Lipinski definition) is 0. The average molecular weight is 665 g/mol. The van der Waals surface area contributed by atoms with Gasteiger partial charge < -0.3 is 0 Å². The summed E-state index contributed by atoms with van der Waals surface area (Å²) in [4.78, 5) is 1.25. The zero-order chi connectivity index (χ0) is 32.8. The molecule has 0 N–H and O–H groups in total. The molecule has 8 heteroatoms.